The van der Waals surface area contributed by atoms with Gasteiger partial charge in [0.05, 0.1) is 5.92 Å². The number of carbonyl (C=O) groups excluding carboxylic acids is 4. The first-order chi connectivity index (χ1) is 17.5. The predicted molar refractivity (Wildman–Crippen MR) is 133 cm³/mol. The Balaban J connectivity index is 1.89. The number of ether oxygens (including phenoxy) is 3. The summed E-state index contributed by atoms with van der Waals surface area (Å²) in [5, 5.41) is 2.44. The molecule has 1 aliphatic rings. The molecule has 4 atom stereocenters. The van der Waals surface area contributed by atoms with Gasteiger partial charge in [0, 0.05) is 5.69 Å². The number of hydrogen-bond acceptors (Lipinski definition) is 8. The topological polar surface area (TPSA) is 141 Å². The highest BCUT2D eigenvalue weighted by Gasteiger charge is 2.42. The second-order valence-corrected chi connectivity index (χ2v) is 9.49. The summed E-state index contributed by atoms with van der Waals surface area (Å²) in [6.45, 7) is 7.58. The van der Waals surface area contributed by atoms with Gasteiger partial charge in [0.2, 0.25) is 0 Å². The molecule has 10 heteroatoms. The standard InChI is InChI=1S/C27H32N2O8/c1-14(2)25(32)37-22-17(5)36-27(34)20(29-24(31)21-15(3)11-16(4)28-23(21)30)13-35-26(33)19(22)12-18-9-7-6-8-10-18/h6-11,14,17,19-20,22H,12-13H2,1-5H3,(H,28,30)(H,29,31)/t17-,19+,20?,22?/m0/s1. The van der Waals surface area contributed by atoms with Crippen molar-refractivity contribution in [3.05, 3.63) is 69.1 Å². The Hall–Kier alpha value is -3.95. The maximum atomic E-state index is 13.2. The minimum absolute atomic E-state index is 0.164. The molecule has 1 aromatic heterocycles. The Labute approximate surface area is 214 Å². The third kappa shape index (κ3) is 6.84. The molecule has 0 saturated carbocycles. The maximum absolute atomic E-state index is 13.2. The number of hydrogen-bond donors (Lipinski definition) is 2. The number of aromatic nitrogens is 1. The molecule has 1 aromatic carbocycles. The molecular weight excluding hydrogens is 480 g/mol. The highest BCUT2D eigenvalue weighted by Crippen LogP contribution is 2.24. The molecule has 10 nitrogen and oxygen atoms in total. The number of benzene rings is 1. The Bertz CT molecular complexity index is 1220. The summed E-state index contributed by atoms with van der Waals surface area (Å²) in [5.41, 5.74) is 1.02. The molecule has 0 spiro atoms. The van der Waals surface area contributed by atoms with E-state index >= 15 is 0 Å². The van der Waals surface area contributed by atoms with Crippen molar-refractivity contribution in [3.8, 4) is 0 Å². The molecule has 0 radical (unpaired) electrons. The van der Waals surface area contributed by atoms with Crippen molar-refractivity contribution in [3.63, 3.8) is 0 Å². The summed E-state index contributed by atoms with van der Waals surface area (Å²) in [5.74, 6) is -4.42. The normalized spacial score (nSPS) is 22.2. The number of cyclic esters (lactones) is 2. The molecule has 3 rings (SSSR count). The number of amides is 1. The van der Waals surface area contributed by atoms with Gasteiger partial charge in [0.15, 0.2) is 12.1 Å². The minimum Gasteiger partial charge on any atom is -0.463 e. The molecular formula is C27H32N2O8. The van der Waals surface area contributed by atoms with Crippen LogP contribution in [0, 0.1) is 25.7 Å². The zero-order valence-corrected chi connectivity index (χ0v) is 21.5. The lowest BCUT2D eigenvalue weighted by Gasteiger charge is -2.29. The van der Waals surface area contributed by atoms with Crippen LogP contribution in [0.15, 0.2) is 41.2 Å². The van der Waals surface area contributed by atoms with Gasteiger partial charge in [-0.3, -0.25) is 19.2 Å². The van der Waals surface area contributed by atoms with E-state index in [1.165, 1.54) is 6.92 Å². The predicted octanol–water partition coefficient (Wildman–Crippen LogP) is 2.01. The largest absolute Gasteiger partial charge is 0.463 e. The second kappa shape index (κ2) is 11.9. The Morgan fingerprint density at radius 1 is 1.11 bits per heavy atom. The van der Waals surface area contributed by atoms with Crippen LogP contribution in [0.1, 0.15) is 48.0 Å². The van der Waals surface area contributed by atoms with Crippen LogP contribution in [0.3, 0.4) is 0 Å². The molecule has 37 heavy (non-hydrogen) atoms. The second-order valence-electron chi connectivity index (χ2n) is 9.49. The molecule has 2 N–H and O–H groups in total. The number of pyridine rings is 1. The number of H-pyrrole nitrogens is 1. The average molecular weight is 513 g/mol. The van der Waals surface area contributed by atoms with Gasteiger partial charge < -0.3 is 24.5 Å². The van der Waals surface area contributed by atoms with Gasteiger partial charge >= 0.3 is 17.9 Å². The molecule has 0 bridgehead atoms. The first-order valence-electron chi connectivity index (χ1n) is 12.1. The SMILES string of the molecule is Cc1cc(C)c(C(=O)NC2COC(=O)[C@H](Cc3ccccc3)C(OC(=O)C(C)C)[C@H](C)OC2=O)c(=O)[nH]1. The van der Waals surface area contributed by atoms with E-state index in [1.807, 2.05) is 30.3 Å². The van der Waals surface area contributed by atoms with E-state index in [-0.39, 0.29) is 12.0 Å². The van der Waals surface area contributed by atoms with Crippen molar-refractivity contribution in [2.45, 2.75) is 59.3 Å². The zero-order valence-electron chi connectivity index (χ0n) is 21.5. The van der Waals surface area contributed by atoms with Crippen molar-refractivity contribution < 1.29 is 33.4 Å². The lowest BCUT2D eigenvalue weighted by molar-refractivity contribution is -0.176. The maximum Gasteiger partial charge on any atom is 0.332 e. The third-order valence-electron chi connectivity index (χ3n) is 6.06. The molecule has 1 amide bonds. The first kappa shape index (κ1) is 27.6. The lowest BCUT2D eigenvalue weighted by atomic mass is 9.91. The number of aryl methyl sites for hydroxylation is 2. The fourth-order valence-corrected chi connectivity index (χ4v) is 4.12. The van der Waals surface area contributed by atoms with E-state index < -0.39 is 66.1 Å². The fourth-order valence-electron chi connectivity index (χ4n) is 4.12. The van der Waals surface area contributed by atoms with Crippen molar-refractivity contribution in [1.82, 2.24) is 10.3 Å². The molecule has 1 fully saturated rings. The van der Waals surface area contributed by atoms with Gasteiger partial charge in [-0.15, -0.1) is 0 Å². The van der Waals surface area contributed by atoms with Crippen LogP contribution in [-0.4, -0.2) is 53.7 Å². The van der Waals surface area contributed by atoms with Crippen LogP contribution in [-0.2, 0) is 35.0 Å². The summed E-state index contributed by atoms with van der Waals surface area (Å²) in [6, 6.07) is 9.35. The summed E-state index contributed by atoms with van der Waals surface area (Å²) < 4.78 is 16.6. The molecule has 2 aromatic rings. The Morgan fingerprint density at radius 3 is 2.41 bits per heavy atom. The fraction of sp³-hybridized carbons (Fsp3) is 0.444. The summed E-state index contributed by atoms with van der Waals surface area (Å²) in [7, 11) is 0. The van der Waals surface area contributed by atoms with Crippen LogP contribution >= 0.6 is 0 Å². The van der Waals surface area contributed by atoms with Crippen molar-refractivity contribution >= 4 is 23.8 Å². The van der Waals surface area contributed by atoms with E-state index in [0.717, 1.165) is 5.56 Å². The first-order valence-corrected chi connectivity index (χ1v) is 12.1. The monoisotopic (exact) mass is 512 g/mol. The van der Waals surface area contributed by atoms with Crippen LogP contribution in [0.4, 0.5) is 0 Å². The number of esters is 3. The van der Waals surface area contributed by atoms with Gasteiger partial charge in [-0.1, -0.05) is 44.2 Å². The molecule has 2 heterocycles. The van der Waals surface area contributed by atoms with Crippen LogP contribution in [0.2, 0.25) is 0 Å². The van der Waals surface area contributed by atoms with Gasteiger partial charge in [0.1, 0.15) is 24.2 Å². The van der Waals surface area contributed by atoms with Gasteiger partial charge in [-0.25, -0.2) is 4.79 Å². The average Bonchev–Trinajstić information content (AvgIpc) is 2.85. The van der Waals surface area contributed by atoms with Gasteiger partial charge in [-0.05, 0) is 44.4 Å². The lowest BCUT2D eigenvalue weighted by Crippen LogP contribution is -2.47. The van der Waals surface area contributed by atoms with Crippen molar-refractivity contribution in [1.29, 1.82) is 0 Å². The van der Waals surface area contributed by atoms with Crippen LogP contribution < -0.4 is 10.9 Å². The molecule has 2 unspecified atom stereocenters. The highest BCUT2D eigenvalue weighted by molar-refractivity contribution is 5.97. The van der Waals surface area contributed by atoms with E-state index in [2.05, 4.69) is 10.3 Å². The highest BCUT2D eigenvalue weighted by atomic mass is 16.6. The van der Waals surface area contributed by atoms with Crippen molar-refractivity contribution in [2.24, 2.45) is 11.8 Å². The quantitative estimate of drug-likeness (QED) is 0.442. The number of aromatic amines is 1. The van der Waals surface area contributed by atoms with E-state index in [1.54, 1.807) is 33.8 Å². The van der Waals surface area contributed by atoms with E-state index in [4.69, 9.17) is 14.2 Å². The molecule has 198 valence electrons. The number of rotatable bonds is 6. The van der Waals surface area contributed by atoms with E-state index in [9.17, 15) is 24.0 Å². The summed E-state index contributed by atoms with van der Waals surface area (Å²) in [4.78, 5) is 66.5. The molecule has 1 aliphatic heterocycles. The van der Waals surface area contributed by atoms with Crippen molar-refractivity contribution in [2.75, 3.05) is 6.61 Å². The zero-order chi connectivity index (χ0) is 27.3. The smallest absolute Gasteiger partial charge is 0.332 e. The Morgan fingerprint density at radius 2 is 1.78 bits per heavy atom. The number of carbonyl (C=O) groups is 4. The summed E-state index contributed by atoms with van der Waals surface area (Å²) in [6.07, 6.45) is -1.98. The van der Waals surface area contributed by atoms with E-state index in [0.29, 0.717) is 11.3 Å². The molecule has 1 saturated heterocycles. The van der Waals surface area contributed by atoms with Crippen LogP contribution in [0.5, 0.6) is 0 Å². The minimum atomic E-state index is -1.38. The third-order valence-corrected chi connectivity index (χ3v) is 6.06. The molecule has 0 aliphatic carbocycles. The summed E-state index contributed by atoms with van der Waals surface area (Å²) >= 11 is 0. The van der Waals surface area contributed by atoms with Gasteiger partial charge in [-0.2, -0.15) is 0 Å². The van der Waals surface area contributed by atoms with Crippen LogP contribution in [0.25, 0.3) is 0 Å². The Kier molecular flexibility index (Phi) is 8.86. The van der Waals surface area contributed by atoms with Gasteiger partial charge in [0.25, 0.3) is 11.5 Å². The number of nitrogens with one attached hydrogen (secondary N) is 2.